The summed E-state index contributed by atoms with van der Waals surface area (Å²) in [4.78, 5) is 66.6. The van der Waals surface area contributed by atoms with Gasteiger partial charge in [-0.25, -0.2) is 46.3 Å². The van der Waals surface area contributed by atoms with Crippen molar-refractivity contribution in [2.75, 3.05) is 63.2 Å². The smallest absolute Gasteiger partial charge is 0.291 e. The van der Waals surface area contributed by atoms with Crippen molar-refractivity contribution in [3.05, 3.63) is 120 Å². The van der Waals surface area contributed by atoms with Crippen LogP contribution in [0.3, 0.4) is 0 Å². The number of fused-ring (bicyclic) bond motifs is 2. The molecule has 0 saturated carbocycles. The van der Waals surface area contributed by atoms with E-state index in [1.165, 1.54) is 22.5 Å². The number of nitrogens with one attached hydrogen (secondary N) is 2. The van der Waals surface area contributed by atoms with Crippen molar-refractivity contribution in [2.24, 2.45) is 0 Å². The SMILES string of the molecule is CN1C(=O)[C@@H](NC(=O)c2ncn(Cc3ccccc3)n2)CCn2nc(CCCN3CCC(F)(F)C3)cc21.CN1C(=O)[C@H](NC(=O)c2ncn(Cc3ccccc3)n2)CCn2nc(CCCN3CCC(F)(F)C3)cc21. The number of carbonyl (C=O) groups is 4. The predicted molar refractivity (Wildman–Crippen MR) is 263 cm³/mol. The van der Waals surface area contributed by atoms with Gasteiger partial charge in [-0.05, 0) is 62.7 Å². The largest absolute Gasteiger partial charge is 0.337 e. The van der Waals surface area contributed by atoms with Crippen molar-refractivity contribution in [3.8, 4) is 0 Å². The third-order valence-corrected chi connectivity index (χ3v) is 13.6. The summed E-state index contributed by atoms with van der Waals surface area (Å²) in [5.41, 5.74) is 3.70. The molecule has 392 valence electrons. The van der Waals surface area contributed by atoms with Crippen LogP contribution in [-0.4, -0.2) is 160 Å². The number of amides is 4. The molecule has 4 aliphatic rings. The molecule has 4 aliphatic heterocycles. The average molecular weight is 1030 g/mol. The highest BCUT2D eigenvalue weighted by molar-refractivity contribution is 6.01. The number of nitrogens with zero attached hydrogens (tertiary/aromatic N) is 14. The summed E-state index contributed by atoms with van der Waals surface area (Å²) in [6.45, 7) is 3.53. The lowest BCUT2D eigenvalue weighted by atomic mass is 10.2. The minimum atomic E-state index is -2.58. The number of rotatable bonds is 16. The first-order valence-electron chi connectivity index (χ1n) is 24.9. The lowest BCUT2D eigenvalue weighted by Crippen LogP contribution is -2.47. The predicted octanol–water partition coefficient (Wildman–Crippen LogP) is 3.92. The molecule has 2 aromatic carbocycles. The minimum absolute atomic E-state index is 0.00594. The first kappa shape index (κ1) is 51.6. The van der Waals surface area contributed by atoms with Crippen molar-refractivity contribution in [3.63, 3.8) is 0 Å². The van der Waals surface area contributed by atoms with Gasteiger partial charge in [0, 0.05) is 65.2 Å². The highest BCUT2D eigenvalue weighted by atomic mass is 19.3. The zero-order chi connectivity index (χ0) is 52.0. The third-order valence-electron chi connectivity index (χ3n) is 13.6. The summed E-state index contributed by atoms with van der Waals surface area (Å²) in [5, 5.41) is 23.3. The fourth-order valence-electron chi connectivity index (χ4n) is 9.64. The summed E-state index contributed by atoms with van der Waals surface area (Å²) in [6, 6.07) is 21.7. The van der Waals surface area contributed by atoms with E-state index in [0.29, 0.717) is 103 Å². The molecule has 74 heavy (non-hydrogen) atoms. The van der Waals surface area contributed by atoms with Crippen LogP contribution in [0, 0.1) is 0 Å². The lowest BCUT2D eigenvalue weighted by Gasteiger charge is -2.20. The summed E-state index contributed by atoms with van der Waals surface area (Å²) < 4.78 is 60.2. The maximum Gasteiger partial charge on any atom is 0.291 e. The molecule has 0 radical (unpaired) electrons. The maximum atomic E-state index is 13.4. The molecule has 0 unspecified atom stereocenters. The number of hydrogen-bond donors (Lipinski definition) is 2. The molecule has 20 nitrogen and oxygen atoms in total. The van der Waals surface area contributed by atoms with Gasteiger partial charge in [0.05, 0.1) is 37.6 Å². The van der Waals surface area contributed by atoms with Gasteiger partial charge in [0.25, 0.3) is 35.5 Å². The second-order valence-corrected chi connectivity index (χ2v) is 19.3. The molecule has 2 fully saturated rings. The van der Waals surface area contributed by atoms with E-state index in [1.54, 1.807) is 42.6 Å². The molecule has 10 rings (SSSR count). The van der Waals surface area contributed by atoms with E-state index in [2.05, 4.69) is 41.0 Å². The second kappa shape index (κ2) is 22.4. The molecule has 8 heterocycles. The van der Waals surface area contributed by atoms with E-state index in [4.69, 9.17) is 0 Å². The molecule has 4 amide bonds. The number of aromatic nitrogens is 10. The van der Waals surface area contributed by atoms with Gasteiger partial charge < -0.3 is 10.6 Å². The molecule has 0 spiro atoms. The summed E-state index contributed by atoms with van der Waals surface area (Å²) in [7, 11) is 3.31. The van der Waals surface area contributed by atoms with Crippen LogP contribution in [0.2, 0.25) is 0 Å². The number of likely N-dealkylation sites (N-methyl/N-ethyl adjacent to an activating group) is 2. The number of carbonyl (C=O) groups excluding carboxylic acids is 4. The molecule has 0 aliphatic carbocycles. The summed E-state index contributed by atoms with van der Waals surface area (Å²) in [5.74, 6) is -5.37. The number of likely N-dealkylation sites (tertiary alicyclic amines) is 2. The van der Waals surface area contributed by atoms with E-state index < -0.39 is 35.7 Å². The molecular weight excluding hydrogens is 965 g/mol. The number of aryl methyl sites for hydroxylation is 4. The Bertz CT molecular complexity index is 2710. The third kappa shape index (κ3) is 12.9. The van der Waals surface area contributed by atoms with E-state index >= 15 is 0 Å². The molecule has 2 atom stereocenters. The second-order valence-electron chi connectivity index (χ2n) is 19.3. The van der Waals surface area contributed by atoms with Crippen molar-refractivity contribution >= 4 is 35.3 Å². The van der Waals surface area contributed by atoms with Crippen LogP contribution < -0.4 is 20.4 Å². The van der Waals surface area contributed by atoms with Crippen LogP contribution >= 0.6 is 0 Å². The average Bonchev–Trinajstić information content (AvgIpc) is 4.26. The van der Waals surface area contributed by atoms with Gasteiger partial charge in [0.1, 0.15) is 36.4 Å². The number of hydrogen-bond acceptors (Lipinski definition) is 12. The van der Waals surface area contributed by atoms with Crippen molar-refractivity contribution < 1.29 is 36.7 Å². The Morgan fingerprint density at radius 2 is 1.00 bits per heavy atom. The molecule has 2 saturated heterocycles. The zero-order valence-corrected chi connectivity index (χ0v) is 41.4. The highest BCUT2D eigenvalue weighted by Crippen LogP contribution is 2.29. The fraction of sp³-hybridized carbons (Fsp3) is 0.480. The van der Waals surface area contributed by atoms with Crippen molar-refractivity contribution in [1.82, 2.24) is 69.5 Å². The van der Waals surface area contributed by atoms with Gasteiger partial charge in [-0.15, -0.1) is 10.2 Å². The van der Waals surface area contributed by atoms with Crippen LogP contribution in [0.1, 0.15) is 82.3 Å². The monoisotopic (exact) mass is 1020 g/mol. The Morgan fingerprint density at radius 1 is 0.595 bits per heavy atom. The van der Waals surface area contributed by atoms with Gasteiger partial charge in [-0.1, -0.05) is 60.7 Å². The molecule has 4 aromatic heterocycles. The van der Waals surface area contributed by atoms with Crippen LogP contribution in [0.25, 0.3) is 0 Å². The van der Waals surface area contributed by atoms with Gasteiger partial charge in [-0.3, -0.25) is 38.8 Å². The van der Waals surface area contributed by atoms with Crippen LogP contribution in [0.5, 0.6) is 0 Å². The van der Waals surface area contributed by atoms with Gasteiger partial charge >= 0.3 is 0 Å². The fourth-order valence-corrected chi connectivity index (χ4v) is 9.64. The van der Waals surface area contributed by atoms with E-state index in [9.17, 15) is 36.7 Å². The number of halogens is 4. The van der Waals surface area contributed by atoms with Crippen LogP contribution in [-0.2, 0) is 48.6 Å². The van der Waals surface area contributed by atoms with Crippen LogP contribution in [0.4, 0.5) is 29.2 Å². The van der Waals surface area contributed by atoms with Crippen molar-refractivity contribution in [1.29, 1.82) is 0 Å². The first-order valence-corrected chi connectivity index (χ1v) is 24.9. The van der Waals surface area contributed by atoms with Gasteiger partial charge in [0.2, 0.25) is 11.6 Å². The van der Waals surface area contributed by atoms with Crippen molar-refractivity contribution in [2.45, 2.75) is 101 Å². The topological polar surface area (TPSA) is 202 Å². The normalized spacial score (nSPS) is 19.6. The van der Waals surface area contributed by atoms with E-state index in [-0.39, 0.29) is 49.4 Å². The molecule has 24 heteroatoms. The molecular formula is C50H60F4N16O4. The van der Waals surface area contributed by atoms with Crippen LogP contribution in [0.15, 0.2) is 85.5 Å². The Labute approximate surface area is 424 Å². The Hall–Kier alpha value is -7.34. The quantitative estimate of drug-likeness (QED) is 0.133. The van der Waals surface area contributed by atoms with E-state index in [1.807, 2.05) is 72.8 Å². The minimum Gasteiger partial charge on any atom is -0.337 e. The zero-order valence-electron chi connectivity index (χ0n) is 41.4. The highest BCUT2D eigenvalue weighted by Gasteiger charge is 2.39. The Kier molecular flexibility index (Phi) is 15.6. The standard InChI is InChI=1S/2C25H30F2N8O2/c2*1-32-21-14-19(8-5-11-33-13-10-25(26,27)16-33)30-35(21)12-9-20(24(32)37)29-23(36)22-28-17-34(31-22)15-18-6-3-2-4-7-18/h2*2-4,6-7,14,17,20H,5,8-13,15-16H2,1H3,(H,29,36)/t2*20-/m10/s1. The van der Waals surface area contributed by atoms with Gasteiger partial charge in [-0.2, -0.15) is 10.2 Å². The molecule has 2 N–H and O–H groups in total. The molecule has 6 aromatic rings. The first-order chi connectivity index (χ1) is 35.5. The van der Waals surface area contributed by atoms with Gasteiger partial charge in [0.15, 0.2) is 0 Å². The van der Waals surface area contributed by atoms with E-state index in [0.717, 1.165) is 22.5 Å². The number of anilines is 2. The lowest BCUT2D eigenvalue weighted by molar-refractivity contribution is -0.120. The number of benzene rings is 2. The summed E-state index contributed by atoms with van der Waals surface area (Å²) >= 11 is 0. The molecule has 0 bridgehead atoms. The Morgan fingerprint density at radius 3 is 1.38 bits per heavy atom. The maximum absolute atomic E-state index is 13.4. The number of alkyl halides is 4. The summed E-state index contributed by atoms with van der Waals surface area (Å²) in [6.07, 6.45) is 6.28. The Balaban J connectivity index is 0.000000182.